The Morgan fingerprint density at radius 1 is 1.39 bits per heavy atom. The average Bonchev–Trinajstić information content (AvgIpc) is 3.22. The second-order valence-corrected chi connectivity index (χ2v) is 6.83. The molecule has 118 valence electrons. The summed E-state index contributed by atoms with van der Waals surface area (Å²) >= 11 is 1.48. The predicted octanol–water partition coefficient (Wildman–Crippen LogP) is 3.53. The normalized spacial score (nSPS) is 17.0. The number of nitrogens with one attached hydrogen (secondary N) is 2. The lowest BCUT2D eigenvalue weighted by molar-refractivity contribution is 0.0938. The molecule has 5 heteroatoms. The lowest BCUT2D eigenvalue weighted by atomic mass is 9.91. The number of H-pyrrole nitrogens is 1. The van der Waals surface area contributed by atoms with Crippen LogP contribution >= 0.6 is 11.3 Å². The van der Waals surface area contributed by atoms with Crippen molar-refractivity contribution < 1.29 is 9.53 Å². The first kappa shape index (κ1) is 14.3. The van der Waals surface area contributed by atoms with E-state index in [1.54, 1.807) is 7.11 Å². The molecule has 1 aliphatic rings. The number of carbonyl (C=O) groups is 1. The van der Waals surface area contributed by atoms with E-state index in [-0.39, 0.29) is 11.9 Å². The summed E-state index contributed by atoms with van der Waals surface area (Å²) in [4.78, 5) is 16.5. The first-order valence-corrected chi connectivity index (χ1v) is 8.64. The van der Waals surface area contributed by atoms with Crippen LogP contribution in [0.2, 0.25) is 0 Å². The average molecular weight is 326 g/mol. The van der Waals surface area contributed by atoms with Crippen LogP contribution in [0.3, 0.4) is 0 Å². The fraction of sp³-hybridized carbons (Fsp3) is 0.278. The number of amides is 1. The monoisotopic (exact) mass is 326 g/mol. The van der Waals surface area contributed by atoms with Gasteiger partial charge in [-0.3, -0.25) is 4.79 Å². The van der Waals surface area contributed by atoms with Crippen LogP contribution in [-0.2, 0) is 12.8 Å². The van der Waals surface area contributed by atoms with Crippen molar-refractivity contribution in [1.82, 2.24) is 10.3 Å². The van der Waals surface area contributed by atoms with Gasteiger partial charge in [-0.15, -0.1) is 11.3 Å². The third-order valence-electron chi connectivity index (χ3n) is 4.48. The molecule has 0 saturated heterocycles. The minimum Gasteiger partial charge on any atom is -0.497 e. The van der Waals surface area contributed by atoms with Crippen molar-refractivity contribution in [2.45, 2.75) is 25.3 Å². The number of aryl methyl sites for hydroxylation is 1. The Hall–Kier alpha value is -2.27. The van der Waals surface area contributed by atoms with Gasteiger partial charge in [0.25, 0.3) is 5.91 Å². The van der Waals surface area contributed by atoms with E-state index in [0.717, 1.165) is 35.4 Å². The molecule has 23 heavy (non-hydrogen) atoms. The van der Waals surface area contributed by atoms with Gasteiger partial charge in [-0.2, -0.15) is 0 Å². The number of carbonyl (C=O) groups excluding carboxylic acids is 1. The summed E-state index contributed by atoms with van der Waals surface area (Å²) in [6.45, 7) is 0. The Morgan fingerprint density at radius 3 is 3.09 bits per heavy atom. The van der Waals surface area contributed by atoms with Crippen LogP contribution in [0.15, 0.2) is 35.7 Å². The Morgan fingerprint density at radius 2 is 2.30 bits per heavy atom. The number of hydrogen-bond donors (Lipinski definition) is 2. The number of aromatic nitrogens is 1. The van der Waals surface area contributed by atoms with Crippen molar-refractivity contribution in [3.63, 3.8) is 0 Å². The van der Waals surface area contributed by atoms with E-state index in [4.69, 9.17) is 4.74 Å². The summed E-state index contributed by atoms with van der Waals surface area (Å²) in [5.41, 5.74) is 3.73. The van der Waals surface area contributed by atoms with Gasteiger partial charge in [0.2, 0.25) is 0 Å². The zero-order chi connectivity index (χ0) is 15.8. The molecule has 0 fully saturated rings. The van der Waals surface area contributed by atoms with Gasteiger partial charge >= 0.3 is 0 Å². The van der Waals surface area contributed by atoms with E-state index in [9.17, 15) is 4.79 Å². The lowest BCUT2D eigenvalue weighted by Gasteiger charge is -2.23. The van der Waals surface area contributed by atoms with Gasteiger partial charge in [0.15, 0.2) is 0 Å². The molecule has 2 aromatic heterocycles. The van der Waals surface area contributed by atoms with Gasteiger partial charge in [-0.25, -0.2) is 0 Å². The molecular weight excluding hydrogens is 308 g/mol. The van der Waals surface area contributed by atoms with Crippen LogP contribution in [0.1, 0.15) is 27.3 Å². The molecule has 1 aliphatic carbocycles. The van der Waals surface area contributed by atoms with Crippen LogP contribution in [-0.4, -0.2) is 24.0 Å². The van der Waals surface area contributed by atoms with Gasteiger partial charge in [0.1, 0.15) is 5.75 Å². The number of aromatic amines is 1. The van der Waals surface area contributed by atoms with Crippen molar-refractivity contribution in [3.05, 3.63) is 51.8 Å². The van der Waals surface area contributed by atoms with Crippen LogP contribution < -0.4 is 10.1 Å². The highest BCUT2D eigenvalue weighted by atomic mass is 32.1. The highest BCUT2D eigenvalue weighted by molar-refractivity contribution is 7.12. The molecule has 3 aromatic rings. The van der Waals surface area contributed by atoms with Crippen LogP contribution in [0, 0.1) is 0 Å². The quantitative estimate of drug-likeness (QED) is 0.774. The maximum absolute atomic E-state index is 12.3. The first-order valence-electron chi connectivity index (χ1n) is 7.76. The zero-order valence-corrected chi connectivity index (χ0v) is 13.7. The molecule has 1 amide bonds. The molecule has 1 unspecified atom stereocenters. The number of benzene rings is 1. The van der Waals surface area contributed by atoms with E-state index in [2.05, 4.69) is 22.4 Å². The van der Waals surface area contributed by atoms with Crippen molar-refractivity contribution in [1.29, 1.82) is 0 Å². The number of rotatable bonds is 3. The minimum atomic E-state index is 0.0332. The van der Waals surface area contributed by atoms with Gasteiger partial charge in [0, 0.05) is 22.6 Å². The summed E-state index contributed by atoms with van der Waals surface area (Å²) in [5.74, 6) is 0.898. The van der Waals surface area contributed by atoms with Crippen LogP contribution in [0.4, 0.5) is 0 Å². The second-order valence-electron chi connectivity index (χ2n) is 5.88. The fourth-order valence-corrected chi connectivity index (χ4v) is 3.94. The highest BCUT2D eigenvalue weighted by Gasteiger charge is 2.24. The van der Waals surface area contributed by atoms with Crippen molar-refractivity contribution in [2.75, 3.05) is 7.11 Å². The first-order chi connectivity index (χ1) is 11.2. The summed E-state index contributed by atoms with van der Waals surface area (Å²) in [7, 11) is 1.68. The molecule has 4 rings (SSSR count). The van der Waals surface area contributed by atoms with Crippen molar-refractivity contribution >= 4 is 28.1 Å². The molecule has 2 heterocycles. The maximum atomic E-state index is 12.3. The number of methoxy groups -OCH3 is 1. The molecule has 0 radical (unpaired) electrons. The SMILES string of the molecule is COc1ccc2[nH]c3c(c2c1)CC(NC(=O)c1cccs1)CC3. The Labute approximate surface area is 138 Å². The highest BCUT2D eigenvalue weighted by Crippen LogP contribution is 2.31. The van der Waals surface area contributed by atoms with Gasteiger partial charge in [-0.05, 0) is 54.5 Å². The maximum Gasteiger partial charge on any atom is 0.261 e. The van der Waals surface area contributed by atoms with E-state index < -0.39 is 0 Å². The third kappa shape index (κ3) is 2.61. The Balaban J connectivity index is 1.59. The van der Waals surface area contributed by atoms with Crippen molar-refractivity contribution in [2.24, 2.45) is 0 Å². The van der Waals surface area contributed by atoms with Gasteiger partial charge in [0.05, 0.1) is 12.0 Å². The predicted molar refractivity (Wildman–Crippen MR) is 92.4 cm³/mol. The molecule has 0 saturated carbocycles. The number of ether oxygens (including phenoxy) is 1. The summed E-state index contributed by atoms with van der Waals surface area (Å²) in [6, 6.07) is 10.1. The van der Waals surface area contributed by atoms with Gasteiger partial charge < -0.3 is 15.0 Å². The number of hydrogen-bond acceptors (Lipinski definition) is 3. The third-order valence-corrected chi connectivity index (χ3v) is 5.34. The molecule has 4 nitrogen and oxygen atoms in total. The Kier molecular flexibility index (Phi) is 3.58. The van der Waals surface area contributed by atoms with E-state index in [1.165, 1.54) is 28.0 Å². The smallest absolute Gasteiger partial charge is 0.261 e. The molecule has 0 bridgehead atoms. The molecule has 0 aliphatic heterocycles. The number of fused-ring (bicyclic) bond motifs is 3. The zero-order valence-electron chi connectivity index (χ0n) is 12.9. The largest absolute Gasteiger partial charge is 0.497 e. The minimum absolute atomic E-state index is 0.0332. The topological polar surface area (TPSA) is 54.1 Å². The lowest BCUT2D eigenvalue weighted by Crippen LogP contribution is -2.38. The molecule has 0 spiro atoms. The molecule has 1 atom stereocenters. The standard InChI is InChI=1S/C18H18N2O2S/c1-22-12-5-7-16-14(10-12)13-9-11(4-6-15(13)20-16)19-18(21)17-3-2-8-23-17/h2-3,5,7-8,10-11,20H,4,6,9H2,1H3,(H,19,21). The van der Waals surface area contributed by atoms with Gasteiger partial charge in [-0.1, -0.05) is 6.07 Å². The molecular formula is C18H18N2O2S. The second kappa shape index (κ2) is 5.74. The van der Waals surface area contributed by atoms with Crippen molar-refractivity contribution in [3.8, 4) is 5.75 Å². The molecule has 1 aromatic carbocycles. The van der Waals surface area contributed by atoms with E-state index in [0.29, 0.717) is 0 Å². The van der Waals surface area contributed by atoms with Crippen LogP contribution in [0.25, 0.3) is 10.9 Å². The van der Waals surface area contributed by atoms with Crippen LogP contribution in [0.5, 0.6) is 5.75 Å². The summed E-state index contributed by atoms with van der Waals surface area (Å²) < 4.78 is 5.34. The summed E-state index contributed by atoms with van der Waals surface area (Å²) in [6.07, 6.45) is 2.79. The Bertz CT molecular complexity index is 851. The van der Waals surface area contributed by atoms with E-state index >= 15 is 0 Å². The van der Waals surface area contributed by atoms with E-state index in [1.807, 2.05) is 23.6 Å². The molecule has 2 N–H and O–H groups in total. The number of thiophene rings is 1. The fourth-order valence-electron chi connectivity index (χ4n) is 3.31. The summed E-state index contributed by atoms with van der Waals surface area (Å²) in [5, 5.41) is 6.31.